The average Bonchev–Trinajstić information content (AvgIpc) is 2.68. The van der Waals surface area contributed by atoms with E-state index in [1.807, 2.05) is 0 Å². The van der Waals surface area contributed by atoms with Gasteiger partial charge in [0.1, 0.15) is 17.4 Å². The lowest BCUT2D eigenvalue weighted by Crippen LogP contribution is -2.45. The number of hydrogen-bond acceptors (Lipinski definition) is 5. The summed E-state index contributed by atoms with van der Waals surface area (Å²) < 4.78 is 16.5. The fourth-order valence-corrected chi connectivity index (χ4v) is 3.47. The summed E-state index contributed by atoms with van der Waals surface area (Å²) in [6, 6.07) is 5.32. The van der Waals surface area contributed by atoms with E-state index in [2.05, 4.69) is 44.3 Å². The van der Waals surface area contributed by atoms with Crippen LogP contribution in [0.3, 0.4) is 0 Å². The third kappa shape index (κ3) is 10.4. The number of nitrogens with one attached hydrogen (secondary N) is 1. The second kappa shape index (κ2) is 13.3. The Labute approximate surface area is 192 Å². The zero-order chi connectivity index (χ0) is 24.3. The van der Waals surface area contributed by atoms with Crippen molar-refractivity contribution >= 4 is 12.1 Å². The van der Waals surface area contributed by atoms with Gasteiger partial charge in [-0.15, -0.1) is 0 Å². The smallest absolute Gasteiger partial charge is 0.405 e. The zero-order valence-corrected chi connectivity index (χ0v) is 20.7. The predicted octanol–water partition coefficient (Wildman–Crippen LogP) is 4.85. The molecule has 0 saturated carbocycles. The van der Waals surface area contributed by atoms with Gasteiger partial charge in [-0.1, -0.05) is 32.9 Å². The van der Waals surface area contributed by atoms with E-state index in [0.717, 1.165) is 29.7 Å². The number of carbonyl (C=O) groups is 2. The number of amides is 1. The minimum absolute atomic E-state index is 0.0770. The van der Waals surface area contributed by atoms with Gasteiger partial charge in [-0.05, 0) is 69.1 Å². The summed E-state index contributed by atoms with van der Waals surface area (Å²) in [4.78, 5) is 23.9. The van der Waals surface area contributed by atoms with Gasteiger partial charge in [0.2, 0.25) is 0 Å². The molecule has 1 amide bonds. The van der Waals surface area contributed by atoms with Crippen LogP contribution in [0.15, 0.2) is 18.2 Å². The number of methoxy groups -OCH3 is 1. The maximum absolute atomic E-state index is 12.6. The number of hydrogen-bond donors (Lipinski definition) is 2. The van der Waals surface area contributed by atoms with E-state index in [-0.39, 0.29) is 11.8 Å². The molecular weight excluding hydrogens is 410 g/mol. The monoisotopic (exact) mass is 451 g/mol. The molecule has 0 fully saturated rings. The van der Waals surface area contributed by atoms with Crippen molar-refractivity contribution in [1.82, 2.24) is 5.32 Å². The van der Waals surface area contributed by atoms with Crippen molar-refractivity contribution in [3.63, 3.8) is 0 Å². The molecule has 0 aliphatic carbocycles. The first kappa shape index (κ1) is 27.8. The molecule has 7 nitrogen and oxygen atoms in total. The van der Waals surface area contributed by atoms with Crippen LogP contribution in [-0.4, -0.2) is 49.1 Å². The van der Waals surface area contributed by atoms with Gasteiger partial charge < -0.3 is 24.6 Å². The van der Waals surface area contributed by atoms with Gasteiger partial charge in [0.15, 0.2) is 0 Å². The van der Waals surface area contributed by atoms with Crippen LogP contribution in [0.2, 0.25) is 0 Å². The predicted molar refractivity (Wildman–Crippen MR) is 125 cm³/mol. The molecule has 0 aliphatic heterocycles. The van der Waals surface area contributed by atoms with Crippen LogP contribution in [0.25, 0.3) is 0 Å². The van der Waals surface area contributed by atoms with Gasteiger partial charge in [-0.25, -0.2) is 9.59 Å². The second-order valence-corrected chi connectivity index (χ2v) is 9.47. The molecule has 0 spiro atoms. The van der Waals surface area contributed by atoms with Crippen molar-refractivity contribution in [3.8, 4) is 5.75 Å². The molecule has 0 bridgehead atoms. The van der Waals surface area contributed by atoms with Crippen LogP contribution >= 0.6 is 0 Å². The van der Waals surface area contributed by atoms with Gasteiger partial charge in [0.25, 0.3) is 0 Å². The Morgan fingerprint density at radius 1 is 1.16 bits per heavy atom. The Balaban J connectivity index is 3.00. The van der Waals surface area contributed by atoms with Gasteiger partial charge in [-0.3, -0.25) is 0 Å². The van der Waals surface area contributed by atoms with Crippen LogP contribution in [0, 0.1) is 11.8 Å². The lowest BCUT2D eigenvalue weighted by atomic mass is 9.84. The fourth-order valence-electron chi connectivity index (χ4n) is 3.47. The number of rotatable bonds is 13. The highest BCUT2D eigenvalue weighted by atomic mass is 16.6. The molecule has 0 radical (unpaired) electrons. The molecule has 1 rings (SSSR count). The van der Waals surface area contributed by atoms with E-state index in [1.165, 1.54) is 0 Å². The van der Waals surface area contributed by atoms with Crippen LogP contribution in [0.4, 0.5) is 4.79 Å². The highest BCUT2D eigenvalue weighted by Gasteiger charge is 2.30. The first-order valence-electron chi connectivity index (χ1n) is 11.4. The summed E-state index contributed by atoms with van der Waals surface area (Å²) in [5.41, 5.74) is 1.56. The topological polar surface area (TPSA) is 94.1 Å². The Hall–Kier alpha value is -2.28. The van der Waals surface area contributed by atoms with E-state index >= 15 is 0 Å². The molecule has 1 aromatic rings. The maximum atomic E-state index is 12.6. The molecule has 7 heteroatoms. The lowest BCUT2D eigenvalue weighted by Gasteiger charge is -2.28. The number of carboxylic acid groups (broad SMARTS) is 1. The molecule has 2 atom stereocenters. The van der Waals surface area contributed by atoms with E-state index in [1.54, 1.807) is 27.9 Å². The molecule has 2 N–H and O–H groups in total. The standard InChI is InChI=1S/C25H41NO6/c1-8-19-11-10-18(15-22(19)31-13-9-12-30-7)14-20(17(2)3)16-21(26-24(28)29)23(27)32-25(4,5)6/h10-11,15,17,20-21,26H,8-9,12-14,16H2,1-7H3,(H,28,29)/t20-,21?/m0/s1. The SMILES string of the molecule is CCc1ccc(C[C@@H](CC(NC(=O)O)C(=O)OC(C)(C)C)C(C)C)cc1OCCCOC. The zero-order valence-electron chi connectivity index (χ0n) is 20.7. The third-order valence-electron chi connectivity index (χ3n) is 5.23. The normalized spacial score (nSPS) is 13.5. The summed E-state index contributed by atoms with van der Waals surface area (Å²) in [6.45, 7) is 12.8. The summed E-state index contributed by atoms with van der Waals surface area (Å²) in [5, 5.41) is 11.6. The third-order valence-corrected chi connectivity index (χ3v) is 5.23. The van der Waals surface area contributed by atoms with Crippen molar-refractivity contribution in [3.05, 3.63) is 29.3 Å². The molecule has 1 aromatic carbocycles. The molecule has 182 valence electrons. The van der Waals surface area contributed by atoms with E-state index in [0.29, 0.717) is 26.1 Å². The highest BCUT2D eigenvalue weighted by Crippen LogP contribution is 2.28. The largest absolute Gasteiger partial charge is 0.493 e. The summed E-state index contributed by atoms with van der Waals surface area (Å²) >= 11 is 0. The lowest BCUT2D eigenvalue weighted by molar-refractivity contribution is -0.157. The quantitative estimate of drug-likeness (QED) is 0.329. The second-order valence-electron chi connectivity index (χ2n) is 9.47. The van der Waals surface area contributed by atoms with E-state index < -0.39 is 23.7 Å². The molecule has 1 unspecified atom stereocenters. The van der Waals surface area contributed by atoms with Gasteiger partial charge in [-0.2, -0.15) is 0 Å². The Bertz CT molecular complexity index is 726. The number of esters is 1. The van der Waals surface area contributed by atoms with Gasteiger partial charge in [0, 0.05) is 20.1 Å². The molecule has 0 saturated heterocycles. The number of benzene rings is 1. The van der Waals surface area contributed by atoms with E-state index in [9.17, 15) is 14.7 Å². The summed E-state index contributed by atoms with van der Waals surface area (Å²) in [6.07, 6.45) is 1.52. The van der Waals surface area contributed by atoms with Crippen LogP contribution in [0.5, 0.6) is 5.75 Å². The van der Waals surface area contributed by atoms with Gasteiger partial charge in [0.05, 0.1) is 6.61 Å². The first-order chi connectivity index (χ1) is 15.0. The summed E-state index contributed by atoms with van der Waals surface area (Å²) in [5.74, 6) is 0.644. The number of ether oxygens (including phenoxy) is 3. The summed E-state index contributed by atoms with van der Waals surface area (Å²) in [7, 11) is 1.67. The van der Waals surface area contributed by atoms with Crippen molar-refractivity contribution in [2.24, 2.45) is 11.8 Å². The average molecular weight is 452 g/mol. The minimum Gasteiger partial charge on any atom is -0.493 e. The molecule has 32 heavy (non-hydrogen) atoms. The highest BCUT2D eigenvalue weighted by molar-refractivity contribution is 5.81. The number of aryl methyl sites for hydroxylation is 1. The van der Waals surface area contributed by atoms with Crippen molar-refractivity contribution in [2.45, 2.75) is 78.9 Å². The fraction of sp³-hybridized carbons (Fsp3) is 0.680. The maximum Gasteiger partial charge on any atom is 0.405 e. The van der Waals surface area contributed by atoms with Crippen molar-refractivity contribution in [2.75, 3.05) is 20.3 Å². The molecular formula is C25H41NO6. The van der Waals surface area contributed by atoms with Gasteiger partial charge >= 0.3 is 12.1 Å². The van der Waals surface area contributed by atoms with Crippen molar-refractivity contribution in [1.29, 1.82) is 0 Å². The van der Waals surface area contributed by atoms with Crippen LogP contribution in [0.1, 0.15) is 65.5 Å². The molecule has 0 aromatic heterocycles. The van der Waals surface area contributed by atoms with E-state index in [4.69, 9.17) is 14.2 Å². The van der Waals surface area contributed by atoms with Crippen LogP contribution in [-0.2, 0) is 27.1 Å². The molecule has 0 heterocycles. The number of carbonyl (C=O) groups excluding carboxylic acids is 1. The first-order valence-corrected chi connectivity index (χ1v) is 11.4. The Morgan fingerprint density at radius 2 is 1.84 bits per heavy atom. The Kier molecular flexibility index (Phi) is 11.5. The minimum atomic E-state index is -1.23. The molecule has 0 aliphatic rings. The Morgan fingerprint density at radius 3 is 2.38 bits per heavy atom. The van der Waals surface area contributed by atoms with Crippen molar-refractivity contribution < 1.29 is 28.9 Å². The van der Waals surface area contributed by atoms with Crippen LogP contribution < -0.4 is 10.1 Å².